The lowest BCUT2D eigenvalue weighted by molar-refractivity contribution is 0.534. The zero-order valence-electron chi connectivity index (χ0n) is 10.5. The fourth-order valence-corrected chi connectivity index (χ4v) is 3.62. The van der Waals surface area contributed by atoms with Crippen molar-refractivity contribution in [1.82, 2.24) is 3.97 Å². The lowest BCUT2D eigenvalue weighted by atomic mass is 10.3. The van der Waals surface area contributed by atoms with Crippen molar-refractivity contribution in [2.24, 2.45) is 0 Å². The van der Waals surface area contributed by atoms with Gasteiger partial charge in [-0.05, 0) is 42.5 Å². The van der Waals surface area contributed by atoms with Crippen LogP contribution in [-0.2, 0) is 10.0 Å². The predicted octanol–water partition coefficient (Wildman–Crippen LogP) is 2.18. The van der Waals surface area contributed by atoms with E-state index < -0.39 is 15.8 Å². The van der Waals surface area contributed by atoms with Gasteiger partial charge in [0.15, 0.2) is 5.58 Å². The largest absolute Gasteiger partial charge is 0.434 e. The summed E-state index contributed by atoms with van der Waals surface area (Å²) in [7, 11) is -4.05. The maximum absolute atomic E-state index is 12.6. The Hall–Kier alpha value is -2.06. The Morgan fingerprint density at radius 1 is 1.10 bits per heavy atom. The average Bonchev–Trinajstić information content (AvgIpc) is 2.75. The normalized spacial score (nSPS) is 11.9. The number of rotatable bonds is 2. The zero-order valence-corrected chi connectivity index (χ0v) is 12.9. The van der Waals surface area contributed by atoms with Crippen LogP contribution in [-0.4, -0.2) is 12.4 Å². The van der Waals surface area contributed by atoms with E-state index in [-0.39, 0.29) is 16.0 Å². The molecule has 0 saturated heterocycles. The first-order chi connectivity index (χ1) is 9.89. The van der Waals surface area contributed by atoms with E-state index in [1.165, 1.54) is 36.4 Å². The van der Waals surface area contributed by atoms with Crippen LogP contribution >= 0.6 is 15.9 Å². The van der Waals surface area contributed by atoms with Crippen LogP contribution in [0.25, 0.3) is 11.1 Å². The Kier molecular flexibility index (Phi) is 3.14. The summed E-state index contributed by atoms with van der Waals surface area (Å²) in [6.07, 6.45) is 0. The highest BCUT2D eigenvalue weighted by atomic mass is 79.9. The summed E-state index contributed by atoms with van der Waals surface area (Å²) in [5.41, 5.74) is 6.34. The molecule has 3 aromatic rings. The molecule has 0 amide bonds. The van der Waals surface area contributed by atoms with Gasteiger partial charge in [-0.1, -0.05) is 15.9 Å². The third-order valence-corrected chi connectivity index (χ3v) is 5.11. The Labute approximate surface area is 128 Å². The van der Waals surface area contributed by atoms with Crippen molar-refractivity contribution in [3.8, 4) is 0 Å². The van der Waals surface area contributed by atoms with E-state index in [0.29, 0.717) is 14.1 Å². The standard InChI is InChI=1S/C13H9BrN2O4S/c14-8-1-6-12-11(7-8)16(13(17)20-12)21(18,19)10-4-2-9(15)3-5-10/h1-7H,15H2. The molecule has 0 spiro atoms. The first-order valence-electron chi connectivity index (χ1n) is 5.82. The summed E-state index contributed by atoms with van der Waals surface area (Å²) < 4.78 is 31.4. The minimum Gasteiger partial charge on any atom is -0.407 e. The van der Waals surface area contributed by atoms with Gasteiger partial charge in [0.1, 0.15) is 5.52 Å². The van der Waals surface area contributed by atoms with Crippen molar-refractivity contribution in [3.05, 3.63) is 57.5 Å². The first-order valence-corrected chi connectivity index (χ1v) is 8.05. The van der Waals surface area contributed by atoms with E-state index in [1.807, 2.05) is 0 Å². The predicted molar refractivity (Wildman–Crippen MR) is 81.6 cm³/mol. The molecule has 0 atom stereocenters. The number of oxazole rings is 1. The van der Waals surface area contributed by atoms with Crippen molar-refractivity contribution < 1.29 is 12.8 Å². The van der Waals surface area contributed by atoms with E-state index in [2.05, 4.69) is 15.9 Å². The van der Waals surface area contributed by atoms with Crippen molar-refractivity contribution >= 4 is 42.7 Å². The minimum atomic E-state index is -4.05. The molecule has 0 aliphatic heterocycles. The number of nitrogens with two attached hydrogens (primary N) is 1. The summed E-state index contributed by atoms with van der Waals surface area (Å²) in [5, 5.41) is 0. The number of benzene rings is 2. The lowest BCUT2D eigenvalue weighted by Gasteiger charge is -2.05. The van der Waals surface area contributed by atoms with E-state index in [0.717, 1.165) is 0 Å². The second kappa shape index (κ2) is 4.74. The number of aromatic nitrogens is 1. The molecule has 2 N–H and O–H groups in total. The molecule has 6 nitrogen and oxygen atoms in total. The van der Waals surface area contributed by atoms with Gasteiger partial charge < -0.3 is 10.2 Å². The third-order valence-electron chi connectivity index (χ3n) is 2.92. The summed E-state index contributed by atoms with van der Waals surface area (Å²) in [6.45, 7) is 0. The molecule has 3 rings (SSSR count). The summed E-state index contributed by atoms with van der Waals surface area (Å²) in [6, 6.07) is 10.3. The molecule has 108 valence electrons. The SMILES string of the molecule is Nc1ccc(S(=O)(=O)n2c(=O)oc3ccc(Br)cc32)cc1. The van der Waals surface area contributed by atoms with Crippen LogP contribution in [0.5, 0.6) is 0 Å². The van der Waals surface area contributed by atoms with Crippen LogP contribution in [0.4, 0.5) is 5.69 Å². The fraction of sp³-hybridized carbons (Fsp3) is 0. The fourth-order valence-electron chi connectivity index (χ4n) is 1.94. The van der Waals surface area contributed by atoms with Gasteiger partial charge in [-0.3, -0.25) is 0 Å². The number of halogens is 1. The molecule has 0 fully saturated rings. The minimum absolute atomic E-state index is 0.0403. The molecule has 21 heavy (non-hydrogen) atoms. The molecule has 0 unspecified atom stereocenters. The molecule has 0 radical (unpaired) electrons. The number of hydrogen-bond acceptors (Lipinski definition) is 5. The maximum Gasteiger partial charge on any atom is 0.434 e. The molecule has 0 saturated carbocycles. The van der Waals surface area contributed by atoms with Gasteiger partial charge in [-0.15, -0.1) is 0 Å². The van der Waals surface area contributed by atoms with Gasteiger partial charge in [0, 0.05) is 10.2 Å². The Bertz CT molecular complexity index is 987. The molecule has 0 aliphatic carbocycles. The monoisotopic (exact) mass is 368 g/mol. The van der Waals surface area contributed by atoms with Crippen LogP contribution < -0.4 is 11.5 Å². The van der Waals surface area contributed by atoms with E-state index >= 15 is 0 Å². The number of anilines is 1. The average molecular weight is 369 g/mol. The van der Waals surface area contributed by atoms with Crippen molar-refractivity contribution in [2.45, 2.75) is 4.90 Å². The van der Waals surface area contributed by atoms with Gasteiger partial charge in [-0.25, -0.2) is 13.2 Å². The molecule has 1 aromatic heterocycles. The molecule has 1 heterocycles. The lowest BCUT2D eigenvalue weighted by Crippen LogP contribution is -2.23. The smallest absolute Gasteiger partial charge is 0.407 e. The number of nitrogen functional groups attached to an aromatic ring is 1. The highest BCUT2D eigenvalue weighted by Crippen LogP contribution is 2.23. The van der Waals surface area contributed by atoms with Gasteiger partial charge in [0.05, 0.1) is 4.90 Å². The third kappa shape index (κ3) is 2.26. The maximum atomic E-state index is 12.6. The quantitative estimate of drug-likeness (QED) is 0.699. The molecule has 2 aromatic carbocycles. The van der Waals surface area contributed by atoms with Crippen molar-refractivity contribution in [2.75, 3.05) is 5.73 Å². The Morgan fingerprint density at radius 3 is 2.43 bits per heavy atom. The molecule has 0 aliphatic rings. The molecular formula is C13H9BrN2O4S. The van der Waals surface area contributed by atoms with E-state index in [4.69, 9.17) is 10.2 Å². The summed E-state index contributed by atoms with van der Waals surface area (Å²) >= 11 is 3.24. The van der Waals surface area contributed by atoms with Gasteiger partial charge in [-0.2, -0.15) is 3.97 Å². The summed E-state index contributed by atoms with van der Waals surface area (Å²) in [5.74, 6) is -0.958. The Balaban J connectivity index is 2.33. The van der Waals surface area contributed by atoms with Crippen LogP contribution in [0, 0.1) is 0 Å². The van der Waals surface area contributed by atoms with Crippen LogP contribution in [0.2, 0.25) is 0 Å². The van der Waals surface area contributed by atoms with Crippen LogP contribution in [0.1, 0.15) is 0 Å². The first kappa shape index (κ1) is 13.9. The highest BCUT2D eigenvalue weighted by Gasteiger charge is 2.24. The molecule has 8 heteroatoms. The van der Waals surface area contributed by atoms with Crippen LogP contribution in [0.15, 0.2) is 61.0 Å². The van der Waals surface area contributed by atoms with E-state index in [9.17, 15) is 13.2 Å². The highest BCUT2D eigenvalue weighted by molar-refractivity contribution is 9.10. The second-order valence-electron chi connectivity index (χ2n) is 4.32. The Morgan fingerprint density at radius 2 is 1.76 bits per heavy atom. The van der Waals surface area contributed by atoms with Crippen molar-refractivity contribution in [3.63, 3.8) is 0 Å². The van der Waals surface area contributed by atoms with Gasteiger partial charge >= 0.3 is 5.76 Å². The van der Waals surface area contributed by atoms with Crippen molar-refractivity contribution in [1.29, 1.82) is 0 Å². The zero-order chi connectivity index (χ0) is 15.2. The number of fused-ring (bicyclic) bond motifs is 1. The summed E-state index contributed by atoms with van der Waals surface area (Å²) in [4.78, 5) is 11.9. The molecular weight excluding hydrogens is 360 g/mol. The number of nitrogens with zero attached hydrogens (tertiary/aromatic N) is 1. The van der Waals surface area contributed by atoms with Gasteiger partial charge in [0.25, 0.3) is 10.0 Å². The topological polar surface area (TPSA) is 95.3 Å². The van der Waals surface area contributed by atoms with Crippen LogP contribution in [0.3, 0.4) is 0 Å². The number of hydrogen-bond donors (Lipinski definition) is 1. The van der Waals surface area contributed by atoms with E-state index in [1.54, 1.807) is 6.07 Å². The molecule has 0 bridgehead atoms. The van der Waals surface area contributed by atoms with Gasteiger partial charge in [0.2, 0.25) is 0 Å². The second-order valence-corrected chi connectivity index (χ2v) is 7.02.